The minimum Gasteiger partial charge on any atom is -0.633 e. The largest absolute Gasteiger partial charge is 0.633 e. The van der Waals surface area contributed by atoms with Crippen LogP contribution in [0, 0.1) is 18.0 Å². The van der Waals surface area contributed by atoms with E-state index in [1.54, 1.807) is 34.6 Å². The molecule has 1 aliphatic rings. The van der Waals surface area contributed by atoms with Crippen LogP contribution in [0.1, 0.15) is 33.5 Å². The summed E-state index contributed by atoms with van der Waals surface area (Å²) < 4.78 is 15.5. The summed E-state index contributed by atoms with van der Waals surface area (Å²) in [6.07, 6.45) is 3.34. The summed E-state index contributed by atoms with van der Waals surface area (Å²) in [6, 6.07) is 2.00. The second-order valence-corrected chi connectivity index (χ2v) is 6.93. The number of ether oxygens (including phenoxy) is 3. The van der Waals surface area contributed by atoms with E-state index < -0.39 is 5.97 Å². The van der Waals surface area contributed by atoms with Crippen LogP contribution >= 0.6 is 0 Å². The fraction of sp³-hybridized carbons (Fsp3) is 0.526. The number of methoxy groups -OCH3 is 3. The highest BCUT2D eigenvalue weighted by atomic mass is 16.5. The normalized spacial score (nSPS) is 18.7. The minimum atomic E-state index is -0.434. The number of fused-ring (bicyclic) bond motifs is 1. The molecule has 0 saturated heterocycles. The Morgan fingerprint density at radius 2 is 2.04 bits per heavy atom. The molecule has 1 aliphatic carbocycles. The Hall–Kier alpha value is -2.05. The standard InChI is InChI=1S/C19H27NO5/c1-12-9-13-7-8-14(10-20(2,3)22)15(11-23-4)17(13)18(24-5)16(12)19(21)25-6/h9,11,14H,7-8,10H2,1-6H3/b15-11+. The Balaban J connectivity index is 2.67. The van der Waals surface area contributed by atoms with E-state index >= 15 is 0 Å². The molecule has 0 amide bonds. The van der Waals surface area contributed by atoms with Crippen molar-refractivity contribution in [3.8, 4) is 5.75 Å². The number of rotatable bonds is 5. The highest BCUT2D eigenvalue weighted by molar-refractivity contribution is 5.97. The summed E-state index contributed by atoms with van der Waals surface area (Å²) in [4.78, 5) is 12.3. The van der Waals surface area contributed by atoms with E-state index in [-0.39, 0.29) is 10.6 Å². The van der Waals surface area contributed by atoms with E-state index in [1.807, 2.05) is 13.0 Å². The van der Waals surface area contributed by atoms with Crippen LogP contribution in [0.25, 0.3) is 5.57 Å². The number of carbonyl (C=O) groups is 1. The molecule has 1 unspecified atom stereocenters. The van der Waals surface area contributed by atoms with Gasteiger partial charge in [0.1, 0.15) is 11.3 Å². The molecular formula is C19H27NO5. The van der Waals surface area contributed by atoms with Gasteiger partial charge in [0.2, 0.25) is 0 Å². The van der Waals surface area contributed by atoms with Crippen molar-refractivity contribution < 1.29 is 23.7 Å². The lowest BCUT2D eigenvalue weighted by Gasteiger charge is -2.39. The fourth-order valence-electron chi connectivity index (χ4n) is 3.62. The molecule has 0 bridgehead atoms. The van der Waals surface area contributed by atoms with Gasteiger partial charge in [0.15, 0.2) is 0 Å². The second-order valence-electron chi connectivity index (χ2n) is 6.93. The van der Waals surface area contributed by atoms with E-state index in [2.05, 4.69) is 0 Å². The lowest BCUT2D eigenvalue weighted by molar-refractivity contribution is -0.842. The zero-order chi connectivity index (χ0) is 18.8. The average Bonchev–Trinajstić information content (AvgIpc) is 2.54. The van der Waals surface area contributed by atoms with Gasteiger partial charge in [-0.1, -0.05) is 6.07 Å². The van der Waals surface area contributed by atoms with Gasteiger partial charge in [0.05, 0.1) is 48.2 Å². The van der Waals surface area contributed by atoms with Crippen molar-refractivity contribution in [2.45, 2.75) is 19.8 Å². The van der Waals surface area contributed by atoms with Crippen LogP contribution in [0.4, 0.5) is 0 Å². The van der Waals surface area contributed by atoms with Crippen molar-refractivity contribution in [1.29, 1.82) is 0 Å². The molecule has 0 radical (unpaired) electrons. The Labute approximate surface area is 149 Å². The molecule has 1 aromatic carbocycles. The molecule has 138 valence electrons. The van der Waals surface area contributed by atoms with Gasteiger partial charge in [0.25, 0.3) is 0 Å². The van der Waals surface area contributed by atoms with Gasteiger partial charge in [0, 0.05) is 17.1 Å². The van der Waals surface area contributed by atoms with Crippen LogP contribution in [-0.2, 0) is 15.9 Å². The molecule has 25 heavy (non-hydrogen) atoms. The number of esters is 1. The number of carbonyl (C=O) groups excluding carboxylic acids is 1. The molecule has 0 aliphatic heterocycles. The van der Waals surface area contributed by atoms with Crippen molar-refractivity contribution in [2.75, 3.05) is 42.0 Å². The molecule has 0 spiro atoms. The first-order valence-electron chi connectivity index (χ1n) is 8.29. The van der Waals surface area contributed by atoms with E-state index in [0.717, 1.165) is 35.1 Å². The summed E-state index contributed by atoms with van der Waals surface area (Å²) in [6.45, 7) is 2.30. The summed E-state index contributed by atoms with van der Waals surface area (Å²) in [5.74, 6) is 0.0871. The number of hydrogen-bond donors (Lipinski definition) is 0. The topological polar surface area (TPSA) is 67.8 Å². The van der Waals surface area contributed by atoms with Crippen LogP contribution in [0.3, 0.4) is 0 Å². The van der Waals surface area contributed by atoms with Crippen molar-refractivity contribution in [2.24, 2.45) is 5.92 Å². The maximum Gasteiger partial charge on any atom is 0.341 e. The second kappa shape index (κ2) is 7.45. The van der Waals surface area contributed by atoms with Gasteiger partial charge in [-0.25, -0.2) is 4.79 Å². The zero-order valence-corrected chi connectivity index (χ0v) is 15.8. The van der Waals surface area contributed by atoms with E-state index in [4.69, 9.17) is 14.2 Å². The lowest BCUT2D eigenvalue weighted by Crippen LogP contribution is -2.39. The number of benzene rings is 1. The molecule has 2 rings (SSSR count). The third-order valence-electron chi connectivity index (χ3n) is 4.55. The Kier molecular flexibility index (Phi) is 5.75. The average molecular weight is 349 g/mol. The van der Waals surface area contributed by atoms with E-state index in [9.17, 15) is 10.0 Å². The maximum atomic E-state index is 12.3. The third kappa shape index (κ3) is 3.96. The Bertz CT molecular complexity index is 688. The van der Waals surface area contributed by atoms with Gasteiger partial charge in [-0.2, -0.15) is 0 Å². The van der Waals surface area contributed by atoms with Crippen molar-refractivity contribution in [3.63, 3.8) is 0 Å². The molecule has 0 fully saturated rings. The monoisotopic (exact) mass is 349 g/mol. The van der Waals surface area contributed by atoms with Crippen LogP contribution < -0.4 is 4.74 Å². The lowest BCUT2D eigenvalue weighted by atomic mass is 9.77. The van der Waals surface area contributed by atoms with Crippen molar-refractivity contribution in [3.05, 3.63) is 39.8 Å². The predicted molar refractivity (Wildman–Crippen MR) is 96.2 cm³/mol. The first-order chi connectivity index (χ1) is 11.7. The molecule has 0 N–H and O–H groups in total. The van der Waals surface area contributed by atoms with Gasteiger partial charge < -0.3 is 24.1 Å². The Morgan fingerprint density at radius 3 is 2.56 bits per heavy atom. The molecule has 1 aromatic rings. The zero-order valence-electron chi connectivity index (χ0n) is 15.8. The third-order valence-corrected chi connectivity index (χ3v) is 4.55. The molecular weight excluding hydrogens is 322 g/mol. The number of aryl methyl sites for hydroxylation is 2. The maximum absolute atomic E-state index is 12.3. The van der Waals surface area contributed by atoms with Crippen LogP contribution in [0.15, 0.2) is 12.3 Å². The smallest absolute Gasteiger partial charge is 0.341 e. The predicted octanol–water partition coefficient (Wildman–Crippen LogP) is 2.91. The highest BCUT2D eigenvalue weighted by Crippen LogP contribution is 2.44. The Morgan fingerprint density at radius 1 is 1.36 bits per heavy atom. The summed E-state index contributed by atoms with van der Waals surface area (Å²) >= 11 is 0. The van der Waals surface area contributed by atoms with E-state index in [0.29, 0.717) is 17.9 Å². The van der Waals surface area contributed by atoms with Gasteiger partial charge in [-0.15, -0.1) is 0 Å². The summed E-state index contributed by atoms with van der Waals surface area (Å²) in [5.41, 5.74) is 4.07. The SMILES string of the molecule is CO/C=C1/c2c(cc(C)c(C(=O)OC)c2OC)CCC1C[N+](C)(C)[O-]. The quantitative estimate of drug-likeness (QED) is 0.354. The van der Waals surface area contributed by atoms with E-state index in [1.165, 1.54) is 7.11 Å². The fourth-order valence-corrected chi connectivity index (χ4v) is 3.62. The first kappa shape index (κ1) is 19.3. The summed E-state index contributed by atoms with van der Waals surface area (Å²) in [7, 11) is 7.74. The summed E-state index contributed by atoms with van der Waals surface area (Å²) in [5, 5.41) is 12.2. The van der Waals surface area contributed by atoms with Crippen molar-refractivity contribution in [1.82, 2.24) is 0 Å². The number of quaternary nitrogens is 1. The molecule has 0 saturated carbocycles. The van der Waals surface area contributed by atoms with Gasteiger partial charge in [-0.05, 0) is 30.9 Å². The minimum absolute atomic E-state index is 0.0297. The van der Waals surface area contributed by atoms with Gasteiger partial charge in [-0.3, -0.25) is 0 Å². The van der Waals surface area contributed by atoms with Crippen LogP contribution in [0.2, 0.25) is 0 Å². The molecule has 0 aromatic heterocycles. The molecule has 6 nitrogen and oxygen atoms in total. The number of hydroxylamine groups is 3. The van der Waals surface area contributed by atoms with Gasteiger partial charge >= 0.3 is 5.97 Å². The number of nitrogens with zero attached hydrogens (tertiary/aromatic N) is 1. The van der Waals surface area contributed by atoms with Crippen LogP contribution in [0.5, 0.6) is 5.75 Å². The van der Waals surface area contributed by atoms with Crippen LogP contribution in [-0.4, -0.2) is 52.6 Å². The first-order valence-corrected chi connectivity index (χ1v) is 8.29. The van der Waals surface area contributed by atoms with Crippen molar-refractivity contribution >= 4 is 11.5 Å². The number of hydrogen-bond acceptors (Lipinski definition) is 5. The molecule has 0 heterocycles. The molecule has 6 heteroatoms. The molecule has 1 atom stereocenters. The highest BCUT2D eigenvalue weighted by Gasteiger charge is 2.33.